The summed E-state index contributed by atoms with van der Waals surface area (Å²) in [7, 11) is 1.52. The average molecular weight is 469 g/mol. The lowest BCUT2D eigenvalue weighted by Crippen LogP contribution is -2.28. The first-order valence-electron chi connectivity index (χ1n) is 11.7. The van der Waals surface area contributed by atoms with E-state index >= 15 is 0 Å². The first-order valence-corrected chi connectivity index (χ1v) is 11.7. The number of methoxy groups -OCH3 is 1. The molecule has 0 atom stereocenters. The van der Waals surface area contributed by atoms with Crippen LogP contribution in [-0.2, 0) is 6.42 Å². The molecular formula is C28H40N2O4. The number of hydrogen-bond donors (Lipinski definition) is 1. The molecule has 0 aliphatic heterocycles. The molecule has 1 heterocycles. The summed E-state index contributed by atoms with van der Waals surface area (Å²) in [6.45, 7) is 13.6. The normalized spacial score (nSPS) is 10.5. The number of nitrogens with zero attached hydrogens (tertiary/aromatic N) is 2. The second kappa shape index (κ2) is 14.2. The SMILES string of the molecule is CC.CC(C)Cc1ccccc1.COc1cc(-n2ccnc(C)c2=O)ccc1OCC(C)(C)O. The third-order valence-electron chi connectivity index (χ3n) is 4.51. The lowest BCUT2D eigenvalue weighted by Gasteiger charge is -2.19. The van der Waals surface area contributed by atoms with Crippen molar-refractivity contribution in [2.75, 3.05) is 13.7 Å². The van der Waals surface area contributed by atoms with Crippen LogP contribution in [-0.4, -0.2) is 34.0 Å². The standard InChI is InChI=1S/C16H20N2O4.C10H14.C2H6/c1-11-15(19)18(8-7-17-11)12-5-6-13(14(9-12)21-4)22-10-16(2,3)20;1-9(2)8-10-6-4-3-5-7-10;1-2/h5-9,20H,10H2,1-4H3;3-7,9H,8H2,1-2H3;1-2H3. The summed E-state index contributed by atoms with van der Waals surface area (Å²) in [4.78, 5) is 16.1. The molecule has 0 fully saturated rings. The minimum absolute atomic E-state index is 0.136. The highest BCUT2D eigenvalue weighted by Crippen LogP contribution is 2.29. The fourth-order valence-corrected chi connectivity index (χ4v) is 2.98. The quantitative estimate of drug-likeness (QED) is 0.488. The molecule has 2 aromatic carbocycles. The Kier molecular flexibility index (Phi) is 12.1. The molecule has 0 bridgehead atoms. The Morgan fingerprint density at radius 3 is 2.26 bits per heavy atom. The lowest BCUT2D eigenvalue weighted by atomic mass is 10.0. The molecule has 1 N–H and O–H groups in total. The number of ether oxygens (including phenoxy) is 2. The third-order valence-corrected chi connectivity index (χ3v) is 4.51. The van der Waals surface area contributed by atoms with E-state index in [-0.39, 0.29) is 12.2 Å². The van der Waals surface area contributed by atoms with Gasteiger partial charge in [0.15, 0.2) is 11.5 Å². The van der Waals surface area contributed by atoms with E-state index < -0.39 is 5.60 Å². The molecule has 0 amide bonds. The van der Waals surface area contributed by atoms with E-state index in [1.807, 2.05) is 13.8 Å². The van der Waals surface area contributed by atoms with Gasteiger partial charge in [-0.15, -0.1) is 0 Å². The Balaban J connectivity index is 0.000000402. The van der Waals surface area contributed by atoms with Gasteiger partial charge < -0.3 is 14.6 Å². The molecule has 0 radical (unpaired) electrons. The minimum Gasteiger partial charge on any atom is -0.493 e. The average Bonchev–Trinajstić information content (AvgIpc) is 2.81. The fourth-order valence-electron chi connectivity index (χ4n) is 2.98. The molecule has 0 aliphatic carbocycles. The van der Waals surface area contributed by atoms with Crippen molar-refractivity contribution in [1.82, 2.24) is 9.55 Å². The summed E-state index contributed by atoms with van der Waals surface area (Å²) >= 11 is 0. The van der Waals surface area contributed by atoms with E-state index in [0.717, 1.165) is 5.92 Å². The van der Waals surface area contributed by atoms with Crippen molar-refractivity contribution in [3.63, 3.8) is 0 Å². The van der Waals surface area contributed by atoms with Crippen LogP contribution in [0.1, 0.15) is 52.8 Å². The molecule has 34 heavy (non-hydrogen) atoms. The van der Waals surface area contributed by atoms with Gasteiger partial charge in [0, 0.05) is 18.5 Å². The maximum Gasteiger partial charge on any atom is 0.276 e. The molecule has 0 saturated heterocycles. The van der Waals surface area contributed by atoms with E-state index in [1.165, 1.54) is 23.7 Å². The predicted octanol–water partition coefficient (Wildman–Crippen LogP) is 5.61. The largest absolute Gasteiger partial charge is 0.493 e. The molecule has 0 spiro atoms. The van der Waals surface area contributed by atoms with Gasteiger partial charge in [0.05, 0.1) is 18.4 Å². The highest BCUT2D eigenvalue weighted by molar-refractivity contribution is 5.49. The molecular weight excluding hydrogens is 428 g/mol. The smallest absolute Gasteiger partial charge is 0.276 e. The maximum atomic E-state index is 12.1. The number of rotatable bonds is 7. The summed E-state index contributed by atoms with van der Waals surface area (Å²) in [5.41, 5.74) is 1.39. The van der Waals surface area contributed by atoms with Gasteiger partial charge >= 0.3 is 0 Å². The van der Waals surface area contributed by atoms with Crippen molar-refractivity contribution >= 4 is 0 Å². The van der Waals surface area contributed by atoms with Gasteiger partial charge in [-0.05, 0) is 50.8 Å². The topological polar surface area (TPSA) is 73.6 Å². The molecule has 0 aliphatic rings. The van der Waals surface area contributed by atoms with E-state index in [9.17, 15) is 9.90 Å². The molecule has 0 unspecified atom stereocenters. The summed E-state index contributed by atoms with van der Waals surface area (Å²) in [6.07, 6.45) is 4.37. The van der Waals surface area contributed by atoms with Crippen LogP contribution < -0.4 is 15.0 Å². The molecule has 6 heteroatoms. The summed E-state index contributed by atoms with van der Waals surface area (Å²) < 4.78 is 12.4. The number of aromatic nitrogens is 2. The van der Waals surface area contributed by atoms with Crippen LogP contribution >= 0.6 is 0 Å². The van der Waals surface area contributed by atoms with Gasteiger partial charge in [0.25, 0.3) is 5.56 Å². The van der Waals surface area contributed by atoms with Gasteiger partial charge in [-0.1, -0.05) is 58.0 Å². The second-order valence-corrected chi connectivity index (χ2v) is 8.71. The Morgan fingerprint density at radius 1 is 1.06 bits per heavy atom. The van der Waals surface area contributed by atoms with E-state index in [0.29, 0.717) is 22.9 Å². The zero-order valence-corrected chi connectivity index (χ0v) is 21.8. The lowest BCUT2D eigenvalue weighted by molar-refractivity contribution is 0.0276. The van der Waals surface area contributed by atoms with Crippen LogP contribution in [0.15, 0.2) is 65.7 Å². The zero-order valence-electron chi connectivity index (χ0n) is 21.8. The minimum atomic E-state index is -0.942. The number of hydrogen-bond acceptors (Lipinski definition) is 5. The Labute approximate surface area is 204 Å². The van der Waals surface area contributed by atoms with Crippen LogP contribution in [0.4, 0.5) is 0 Å². The second-order valence-electron chi connectivity index (χ2n) is 8.71. The van der Waals surface area contributed by atoms with Crippen molar-refractivity contribution in [1.29, 1.82) is 0 Å². The molecule has 6 nitrogen and oxygen atoms in total. The third kappa shape index (κ3) is 9.79. The van der Waals surface area contributed by atoms with Crippen molar-refractivity contribution in [3.8, 4) is 17.2 Å². The Hall–Kier alpha value is -3.12. The van der Waals surface area contributed by atoms with Gasteiger partial charge in [-0.2, -0.15) is 0 Å². The van der Waals surface area contributed by atoms with Crippen LogP contribution in [0.5, 0.6) is 11.5 Å². The van der Waals surface area contributed by atoms with Gasteiger partial charge in [-0.3, -0.25) is 14.3 Å². The molecule has 186 valence electrons. The molecule has 1 aromatic heterocycles. The summed E-state index contributed by atoms with van der Waals surface area (Å²) in [5, 5.41) is 9.72. The van der Waals surface area contributed by atoms with E-state index in [1.54, 1.807) is 51.4 Å². The fraction of sp³-hybridized carbons (Fsp3) is 0.429. The first kappa shape index (κ1) is 28.9. The zero-order chi connectivity index (χ0) is 25.7. The van der Waals surface area contributed by atoms with Crippen molar-refractivity contribution in [3.05, 3.63) is 82.5 Å². The van der Waals surface area contributed by atoms with Crippen LogP contribution in [0.3, 0.4) is 0 Å². The number of aliphatic hydroxyl groups is 1. The summed E-state index contributed by atoms with van der Waals surface area (Å²) in [5.74, 6) is 1.76. The van der Waals surface area contributed by atoms with Crippen molar-refractivity contribution in [2.24, 2.45) is 5.92 Å². The van der Waals surface area contributed by atoms with Crippen molar-refractivity contribution < 1.29 is 14.6 Å². The monoisotopic (exact) mass is 468 g/mol. The highest BCUT2D eigenvalue weighted by atomic mass is 16.5. The first-order chi connectivity index (χ1) is 16.1. The Morgan fingerprint density at radius 2 is 1.71 bits per heavy atom. The summed E-state index contributed by atoms with van der Waals surface area (Å²) in [6, 6.07) is 15.8. The van der Waals surface area contributed by atoms with Gasteiger partial charge in [-0.25, -0.2) is 0 Å². The van der Waals surface area contributed by atoms with Crippen molar-refractivity contribution in [2.45, 2.75) is 60.5 Å². The Bertz CT molecular complexity index is 1040. The molecule has 0 saturated carbocycles. The van der Waals surface area contributed by atoms with E-state index in [2.05, 4.69) is 49.2 Å². The van der Waals surface area contributed by atoms with E-state index in [4.69, 9.17) is 9.47 Å². The van der Waals surface area contributed by atoms with Gasteiger partial charge in [0.2, 0.25) is 0 Å². The van der Waals surface area contributed by atoms with Gasteiger partial charge in [0.1, 0.15) is 12.3 Å². The van der Waals surface area contributed by atoms with Crippen LogP contribution in [0.2, 0.25) is 0 Å². The number of benzene rings is 2. The van der Waals surface area contributed by atoms with Crippen LogP contribution in [0.25, 0.3) is 5.69 Å². The maximum absolute atomic E-state index is 12.1. The number of aryl methyl sites for hydroxylation is 1. The van der Waals surface area contributed by atoms with Crippen LogP contribution in [0, 0.1) is 12.8 Å². The molecule has 3 aromatic rings. The molecule has 3 rings (SSSR count). The highest BCUT2D eigenvalue weighted by Gasteiger charge is 2.16. The predicted molar refractivity (Wildman–Crippen MR) is 139 cm³/mol.